The number of nitrogens with zero attached hydrogens (tertiary/aromatic N) is 1. The molecule has 112 valence electrons. The van der Waals surface area contributed by atoms with E-state index in [4.69, 9.17) is 5.84 Å². The van der Waals surface area contributed by atoms with Crippen molar-refractivity contribution in [3.63, 3.8) is 0 Å². The molecule has 0 radical (unpaired) electrons. The van der Waals surface area contributed by atoms with Crippen LogP contribution >= 0.6 is 15.9 Å². The number of hydrogen-bond acceptors (Lipinski definition) is 3. The number of nitrogens with one attached hydrogen (secondary N) is 1. The Morgan fingerprint density at radius 3 is 2.50 bits per heavy atom. The summed E-state index contributed by atoms with van der Waals surface area (Å²) in [4.78, 5) is 13.8. The maximum absolute atomic E-state index is 11.5. The summed E-state index contributed by atoms with van der Waals surface area (Å²) in [6, 6.07) is 5.99. The Labute approximate surface area is 129 Å². The van der Waals surface area contributed by atoms with E-state index >= 15 is 0 Å². The van der Waals surface area contributed by atoms with E-state index in [0.29, 0.717) is 11.6 Å². The molecule has 0 bridgehead atoms. The summed E-state index contributed by atoms with van der Waals surface area (Å²) in [7, 11) is 2.11. The van der Waals surface area contributed by atoms with Crippen LogP contribution in [-0.4, -0.2) is 23.9 Å². The second kappa shape index (κ2) is 6.70. The lowest BCUT2D eigenvalue weighted by atomic mass is 9.87. The van der Waals surface area contributed by atoms with Crippen LogP contribution in [0.4, 0.5) is 0 Å². The lowest BCUT2D eigenvalue weighted by Crippen LogP contribution is -2.38. The molecule has 0 spiro atoms. The van der Waals surface area contributed by atoms with E-state index in [9.17, 15) is 4.79 Å². The van der Waals surface area contributed by atoms with Crippen molar-refractivity contribution in [3.8, 4) is 0 Å². The van der Waals surface area contributed by atoms with Gasteiger partial charge in [-0.1, -0.05) is 42.8 Å². The normalized spacial score (nSPS) is 13.4. The SMILES string of the molecule is CC(N(C)Cc1ccc(C(=O)NN)cc1Br)C(C)(C)C. The number of hydrogen-bond donors (Lipinski definition) is 2. The van der Waals surface area contributed by atoms with Gasteiger partial charge < -0.3 is 0 Å². The average molecular weight is 342 g/mol. The van der Waals surface area contributed by atoms with Crippen LogP contribution in [0.5, 0.6) is 0 Å². The molecule has 1 amide bonds. The highest BCUT2D eigenvalue weighted by atomic mass is 79.9. The van der Waals surface area contributed by atoms with Gasteiger partial charge in [-0.25, -0.2) is 5.84 Å². The van der Waals surface area contributed by atoms with E-state index in [1.165, 1.54) is 0 Å². The smallest absolute Gasteiger partial charge is 0.265 e. The van der Waals surface area contributed by atoms with Crippen molar-refractivity contribution in [3.05, 3.63) is 33.8 Å². The van der Waals surface area contributed by atoms with Crippen molar-refractivity contribution in [1.29, 1.82) is 0 Å². The minimum Gasteiger partial charge on any atom is -0.299 e. The quantitative estimate of drug-likeness (QED) is 0.503. The minimum absolute atomic E-state index is 0.223. The number of nitrogen functional groups attached to an aromatic ring is 1. The van der Waals surface area contributed by atoms with Crippen LogP contribution in [0.25, 0.3) is 0 Å². The highest BCUT2D eigenvalue weighted by molar-refractivity contribution is 9.10. The molecule has 4 nitrogen and oxygen atoms in total. The van der Waals surface area contributed by atoms with Gasteiger partial charge in [-0.3, -0.25) is 15.1 Å². The predicted molar refractivity (Wildman–Crippen MR) is 86.2 cm³/mol. The summed E-state index contributed by atoms with van der Waals surface area (Å²) in [5.74, 6) is 4.85. The molecule has 0 aliphatic rings. The first-order chi connectivity index (χ1) is 9.16. The maximum atomic E-state index is 11.5. The first kappa shape index (κ1) is 17.1. The van der Waals surface area contributed by atoms with E-state index in [1.54, 1.807) is 12.1 Å². The van der Waals surface area contributed by atoms with Crippen molar-refractivity contribution in [1.82, 2.24) is 10.3 Å². The van der Waals surface area contributed by atoms with Gasteiger partial charge in [-0.2, -0.15) is 0 Å². The Morgan fingerprint density at radius 1 is 1.45 bits per heavy atom. The largest absolute Gasteiger partial charge is 0.299 e. The number of amides is 1. The first-order valence-electron chi connectivity index (χ1n) is 6.66. The summed E-state index contributed by atoms with van der Waals surface area (Å²) in [5, 5.41) is 0. The van der Waals surface area contributed by atoms with Crippen molar-refractivity contribution < 1.29 is 4.79 Å². The van der Waals surface area contributed by atoms with Crippen molar-refractivity contribution in [2.24, 2.45) is 11.3 Å². The average Bonchev–Trinajstić information content (AvgIpc) is 2.38. The third kappa shape index (κ3) is 4.30. The van der Waals surface area contributed by atoms with Gasteiger partial charge in [-0.05, 0) is 37.1 Å². The molecule has 0 saturated carbocycles. The van der Waals surface area contributed by atoms with Crippen LogP contribution in [0.15, 0.2) is 22.7 Å². The number of halogens is 1. The van der Waals surface area contributed by atoms with Gasteiger partial charge in [0.1, 0.15) is 0 Å². The maximum Gasteiger partial charge on any atom is 0.265 e. The Hall–Kier alpha value is -0.910. The molecule has 1 unspecified atom stereocenters. The molecule has 1 aromatic carbocycles. The molecular formula is C15H24BrN3O. The molecule has 1 rings (SSSR count). The fourth-order valence-corrected chi connectivity index (χ4v) is 2.47. The van der Waals surface area contributed by atoms with Crippen LogP contribution in [0.3, 0.4) is 0 Å². The number of carbonyl (C=O) groups excluding carboxylic acids is 1. The summed E-state index contributed by atoms with van der Waals surface area (Å²) in [6.45, 7) is 9.75. The van der Waals surface area contributed by atoms with Gasteiger partial charge in [0.2, 0.25) is 0 Å². The van der Waals surface area contributed by atoms with Crippen LogP contribution in [-0.2, 0) is 6.54 Å². The number of rotatable bonds is 4. The number of nitrogens with two attached hydrogens (primary N) is 1. The van der Waals surface area contributed by atoms with Crippen LogP contribution < -0.4 is 11.3 Å². The Kier molecular flexibility index (Phi) is 5.74. The zero-order chi connectivity index (χ0) is 15.5. The lowest BCUT2D eigenvalue weighted by molar-refractivity contribution is 0.0953. The second-order valence-electron chi connectivity index (χ2n) is 6.24. The molecule has 1 aromatic rings. The highest BCUT2D eigenvalue weighted by Gasteiger charge is 2.24. The molecule has 0 aliphatic carbocycles. The first-order valence-corrected chi connectivity index (χ1v) is 7.45. The minimum atomic E-state index is -0.284. The van der Waals surface area contributed by atoms with Gasteiger partial charge in [0.15, 0.2) is 0 Å². The Bertz CT molecular complexity index is 482. The second-order valence-corrected chi connectivity index (χ2v) is 7.09. The molecule has 20 heavy (non-hydrogen) atoms. The molecular weight excluding hydrogens is 318 g/mol. The van der Waals surface area contributed by atoms with Gasteiger partial charge in [-0.15, -0.1) is 0 Å². The molecule has 5 heteroatoms. The third-order valence-electron chi connectivity index (χ3n) is 3.78. The van der Waals surface area contributed by atoms with Crippen molar-refractivity contribution >= 4 is 21.8 Å². The van der Waals surface area contributed by atoms with E-state index in [0.717, 1.165) is 16.6 Å². The van der Waals surface area contributed by atoms with Gasteiger partial charge in [0.25, 0.3) is 5.91 Å². The van der Waals surface area contributed by atoms with E-state index in [-0.39, 0.29) is 11.3 Å². The molecule has 0 aliphatic heterocycles. The Morgan fingerprint density at radius 2 is 2.05 bits per heavy atom. The van der Waals surface area contributed by atoms with Crippen LogP contribution in [0.2, 0.25) is 0 Å². The molecule has 1 atom stereocenters. The number of benzene rings is 1. The summed E-state index contributed by atoms with van der Waals surface area (Å²) in [5.41, 5.74) is 4.06. The molecule has 0 heterocycles. The monoisotopic (exact) mass is 341 g/mol. The van der Waals surface area contributed by atoms with Crippen molar-refractivity contribution in [2.75, 3.05) is 7.05 Å². The van der Waals surface area contributed by atoms with Gasteiger partial charge >= 0.3 is 0 Å². The van der Waals surface area contributed by atoms with E-state index in [2.05, 4.69) is 61.0 Å². The summed E-state index contributed by atoms with van der Waals surface area (Å²) >= 11 is 3.53. The topological polar surface area (TPSA) is 58.4 Å². The third-order valence-corrected chi connectivity index (χ3v) is 4.52. The fourth-order valence-electron chi connectivity index (χ4n) is 1.97. The Balaban J connectivity index is 2.86. The number of hydrazine groups is 1. The predicted octanol–water partition coefficient (Wildman–Crippen LogP) is 2.92. The molecule has 0 fully saturated rings. The summed E-state index contributed by atoms with van der Waals surface area (Å²) in [6.07, 6.45) is 0. The van der Waals surface area contributed by atoms with Crippen LogP contribution in [0, 0.1) is 5.41 Å². The van der Waals surface area contributed by atoms with E-state index in [1.807, 2.05) is 6.07 Å². The van der Waals surface area contributed by atoms with Crippen LogP contribution in [0.1, 0.15) is 43.6 Å². The lowest BCUT2D eigenvalue weighted by Gasteiger charge is -2.35. The van der Waals surface area contributed by atoms with Crippen molar-refractivity contribution in [2.45, 2.75) is 40.3 Å². The van der Waals surface area contributed by atoms with Gasteiger partial charge in [0, 0.05) is 22.6 Å². The summed E-state index contributed by atoms with van der Waals surface area (Å²) < 4.78 is 0.923. The fraction of sp³-hybridized carbons (Fsp3) is 0.533. The highest BCUT2D eigenvalue weighted by Crippen LogP contribution is 2.26. The number of carbonyl (C=O) groups is 1. The molecule has 0 aromatic heterocycles. The van der Waals surface area contributed by atoms with E-state index < -0.39 is 0 Å². The molecule has 0 saturated heterocycles. The standard InChI is InChI=1S/C15H24BrN3O/c1-10(15(2,3)4)19(5)9-12-7-6-11(8-13(12)16)14(20)18-17/h6-8,10H,9,17H2,1-5H3,(H,18,20). The zero-order valence-corrected chi connectivity index (χ0v) is 14.4. The molecule has 3 N–H and O–H groups in total. The van der Waals surface area contributed by atoms with Gasteiger partial charge in [0.05, 0.1) is 0 Å². The zero-order valence-electron chi connectivity index (χ0n) is 12.8.